The van der Waals surface area contributed by atoms with Gasteiger partial charge in [-0.3, -0.25) is 5.32 Å². The maximum atomic E-state index is 12.2. The van der Waals surface area contributed by atoms with Gasteiger partial charge in [0, 0.05) is 10.2 Å². The van der Waals surface area contributed by atoms with Crippen LogP contribution in [0.2, 0.25) is 0 Å². The molecule has 1 unspecified atom stereocenters. The Bertz CT molecular complexity index is 535. The molecule has 6 heteroatoms. The quantitative estimate of drug-likeness (QED) is 0.742. The summed E-state index contributed by atoms with van der Waals surface area (Å²) < 4.78 is 11.5. The van der Waals surface area contributed by atoms with Gasteiger partial charge in [-0.2, -0.15) is 0 Å². The van der Waals surface area contributed by atoms with E-state index in [0.29, 0.717) is 12.1 Å². The summed E-state index contributed by atoms with van der Waals surface area (Å²) in [6, 6.07) is 7.07. The summed E-state index contributed by atoms with van der Waals surface area (Å²) in [7, 11) is 0. The number of carbonyl (C=O) groups is 2. The minimum atomic E-state index is -0.926. The Morgan fingerprint density at radius 3 is 2.22 bits per heavy atom. The fourth-order valence-electron chi connectivity index (χ4n) is 1.80. The lowest BCUT2D eigenvalue weighted by Crippen LogP contribution is -2.36. The number of rotatable bonds is 5. The van der Waals surface area contributed by atoms with Gasteiger partial charge in [0.15, 0.2) is 0 Å². The zero-order valence-electron chi connectivity index (χ0n) is 14.2. The van der Waals surface area contributed by atoms with Crippen molar-refractivity contribution in [3.05, 3.63) is 28.7 Å². The molecule has 1 N–H and O–H groups in total. The number of ether oxygens (including phenoxy) is 2. The largest absolute Gasteiger partial charge is 0.457 e. The lowest BCUT2D eigenvalue weighted by Gasteiger charge is -2.24. The van der Waals surface area contributed by atoms with Gasteiger partial charge >= 0.3 is 12.1 Å². The second-order valence-corrected chi connectivity index (χ2v) is 7.60. The van der Waals surface area contributed by atoms with Crippen LogP contribution in [-0.4, -0.2) is 23.8 Å². The summed E-state index contributed by atoms with van der Waals surface area (Å²) in [5, 5.41) is 2.60. The number of benzene rings is 1. The van der Waals surface area contributed by atoms with Crippen molar-refractivity contribution in [1.29, 1.82) is 0 Å². The third-order valence-corrected chi connectivity index (χ3v) is 3.22. The highest BCUT2D eigenvalue weighted by atomic mass is 79.9. The highest BCUT2D eigenvalue weighted by Crippen LogP contribution is 2.17. The summed E-state index contributed by atoms with van der Waals surface area (Å²) >= 11 is 3.32. The van der Waals surface area contributed by atoms with Crippen molar-refractivity contribution >= 4 is 33.7 Å². The van der Waals surface area contributed by atoms with E-state index in [-0.39, 0.29) is 5.92 Å². The highest BCUT2D eigenvalue weighted by molar-refractivity contribution is 9.10. The van der Waals surface area contributed by atoms with Gasteiger partial charge in [-0.15, -0.1) is 0 Å². The first-order valence-electron chi connectivity index (χ1n) is 7.53. The molecule has 1 aromatic rings. The van der Waals surface area contributed by atoms with Gasteiger partial charge < -0.3 is 9.47 Å². The smallest absolute Gasteiger partial charge is 0.412 e. The van der Waals surface area contributed by atoms with E-state index in [0.717, 1.165) is 4.47 Å². The zero-order valence-corrected chi connectivity index (χ0v) is 15.8. The number of anilines is 1. The molecule has 0 saturated carbocycles. The van der Waals surface area contributed by atoms with Gasteiger partial charge in [-0.1, -0.05) is 29.8 Å². The number of hydrogen-bond donors (Lipinski definition) is 1. The van der Waals surface area contributed by atoms with Crippen molar-refractivity contribution in [3.63, 3.8) is 0 Å². The van der Waals surface area contributed by atoms with E-state index >= 15 is 0 Å². The number of halogens is 1. The topological polar surface area (TPSA) is 64.6 Å². The average molecular weight is 386 g/mol. The summed E-state index contributed by atoms with van der Waals surface area (Å²) in [5.74, 6) is -0.342. The third kappa shape index (κ3) is 8.02. The Balaban J connectivity index is 2.70. The Kier molecular flexibility index (Phi) is 7.06. The predicted octanol–water partition coefficient (Wildman–Crippen LogP) is 4.75. The van der Waals surface area contributed by atoms with Crippen LogP contribution in [0.4, 0.5) is 10.5 Å². The second kappa shape index (κ2) is 8.34. The van der Waals surface area contributed by atoms with Crippen LogP contribution in [0.1, 0.15) is 41.0 Å². The van der Waals surface area contributed by atoms with Gasteiger partial charge in [-0.05, 0) is 57.4 Å². The van der Waals surface area contributed by atoms with Crippen molar-refractivity contribution in [2.45, 2.75) is 52.7 Å². The monoisotopic (exact) mass is 385 g/mol. The molecule has 0 heterocycles. The average Bonchev–Trinajstić information content (AvgIpc) is 2.38. The summed E-state index contributed by atoms with van der Waals surface area (Å²) in [4.78, 5) is 24.2. The molecule has 5 nitrogen and oxygen atoms in total. The lowest BCUT2D eigenvalue weighted by molar-refractivity contribution is -0.165. The summed E-state index contributed by atoms with van der Waals surface area (Å²) in [6.07, 6.45) is -1.20. The molecule has 0 aliphatic heterocycles. The molecule has 1 atom stereocenters. The second-order valence-electron chi connectivity index (χ2n) is 6.69. The van der Waals surface area contributed by atoms with E-state index in [1.54, 1.807) is 45.0 Å². The van der Waals surface area contributed by atoms with E-state index in [1.807, 2.05) is 13.8 Å². The van der Waals surface area contributed by atoms with Crippen LogP contribution in [0.5, 0.6) is 0 Å². The molecule has 0 saturated heterocycles. The molecule has 128 valence electrons. The van der Waals surface area contributed by atoms with Crippen LogP contribution < -0.4 is 5.32 Å². The lowest BCUT2D eigenvalue weighted by atomic mass is 10.1. The molecule has 23 heavy (non-hydrogen) atoms. The Morgan fingerprint density at radius 1 is 1.17 bits per heavy atom. The van der Waals surface area contributed by atoms with Crippen LogP contribution in [0.15, 0.2) is 28.7 Å². The Hall–Kier alpha value is -1.56. The number of nitrogens with one attached hydrogen (secondary N) is 1. The normalized spacial score (nSPS) is 12.7. The summed E-state index contributed by atoms with van der Waals surface area (Å²) in [6.45, 7) is 9.23. The molecule has 0 bridgehead atoms. The minimum absolute atomic E-state index is 0.188. The molecular weight excluding hydrogens is 362 g/mol. The van der Waals surface area contributed by atoms with Gasteiger partial charge in [-0.25, -0.2) is 9.59 Å². The SMILES string of the molecule is CC(C)CC(OC(=O)Nc1ccc(Br)cc1)C(=O)OC(C)(C)C. The molecule has 1 rings (SSSR count). The molecule has 1 amide bonds. The van der Waals surface area contributed by atoms with Crippen LogP contribution in [0, 0.1) is 5.92 Å². The van der Waals surface area contributed by atoms with Crippen molar-refractivity contribution in [1.82, 2.24) is 0 Å². The van der Waals surface area contributed by atoms with Gasteiger partial charge in [0.25, 0.3) is 0 Å². The molecular formula is C17H24BrNO4. The van der Waals surface area contributed by atoms with E-state index in [9.17, 15) is 9.59 Å². The van der Waals surface area contributed by atoms with Crippen molar-refractivity contribution < 1.29 is 19.1 Å². The van der Waals surface area contributed by atoms with Crippen LogP contribution in [0.25, 0.3) is 0 Å². The highest BCUT2D eigenvalue weighted by Gasteiger charge is 2.29. The number of esters is 1. The van der Waals surface area contributed by atoms with Crippen LogP contribution >= 0.6 is 15.9 Å². The number of carbonyl (C=O) groups excluding carboxylic acids is 2. The Labute approximate surface area is 145 Å². The van der Waals surface area contributed by atoms with Crippen molar-refractivity contribution in [2.24, 2.45) is 5.92 Å². The van der Waals surface area contributed by atoms with E-state index in [1.165, 1.54) is 0 Å². The standard InChI is InChI=1S/C17H24BrNO4/c1-11(2)10-14(15(20)23-17(3,4)5)22-16(21)19-13-8-6-12(18)7-9-13/h6-9,11,14H,10H2,1-5H3,(H,19,21). The number of hydrogen-bond acceptors (Lipinski definition) is 4. The maximum absolute atomic E-state index is 12.2. The first-order chi connectivity index (χ1) is 10.6. The van der Waals surface area contributed by atoms with Crippen molar-refractivity contribution in [2.75, 3.05) is 5.32 Å². The van der Waals surface area contributed by atoms with Gasteiger partial charge in [0.2, 0.25) is 6.10 Å². The number of amides is 1. The molecule has 0 radical (unpaired) electrons. The van der Waals surface area contributed by atoms with E-state index < -0.39 is 23.8 Å². The molecule has 0 spiro atoms. The molecule has 1 aromatic carbocycles. The zero-order chi connectivity index (χ0) is 17.6. The Morgan fingerprint density at radius 2 is 1.74 bits per heavy atom. The van der Waals surface area contributed by atoms with E-state index in [2.05, 4.69) is 21.2 Å². The fourth-order valence-corrected chi connectivity index (χ4v) is 2.06. The molecule has 0 aromatic heterocycles. The molecule has 0 fully saturated rings. The fraction of sp³-hybridized carbons (Fsp3) is 0.529. The predicted molar refractivity (Wildman–Crippen MR) is 93.3 cm³/mol. The first-order valence-corrected chi connectivity index (χ1v) is 8.32. The molecule has 0 aliphatic carbocycles. The minimum Gasteiger partial charge on any atom is -0.457 e. The van der Waals surface area contributed by atoms with Crippen molar-refractivity contribution in [3.8, 4) is 0 Å². The maximum Gasteiger partial charge on any atom is 0.412 e. The van der Waals surface area contributed by atoms with Crippen LogP contribution in [-0.2, 0) is 14.3 Å². The van der Waals surface area contributed by atoms with Gasteiger partial charge in [0.05, 0.1) is 0 Å². The third-order valence-electron chi connectivity index (χ3n) is 2.70. The van der Waals surface area contributed by atoms with E-state index in [4.69, 9.17) is 9.47 Å². The van der Waals surface area contributed by atoms with Gasteiger partial charge in [0.1, 0.15) is 5.60 Å². The van der Waals surface area contributed by atoms with Crippen LogP contribution in [0.3, 0.4) is 0 Å². The first kappa shape index (κ1) is 19.5. The summed E-state index contributed by atoms with van der Waals surface area (Å²) in [5.41, 5.74) is -0.0385. The molecule has 0 aliphatic rings.